The smallest absolute Gasteiger partial charge is 0.240 e. The minimum Gasteiger partial charge on any atom is -0.507 e. The predicted octanol–water partition coefficient (Wildman–Crippen LogP) is 2.99. The third-order valence-corrected chi connectivity index (χ3v) is 5.22. The van der Waals surface area contributed by atoms with Crippen molar-refractivity contribution < 1.29 is 19.8 Å². The number of rotatable bonds is 10. The van der Waals surface area contributed by atoms with Crippen molar-refractivity contribution >= 4 is 35.0 Å². The zero-order valence-corrected chi connectivity index (χ0v) is 18.3. The van der Waals surface area contributed by atoms with Crippen LogP contribution in [0, 0.1) is 0 Å². The summed E-state index contributed by atoms with van der Waals surface area (Å²) >= 11 is 1.48. The third-order valence-electron chi connectivity index (χ3n) is 4.23. The zero-order chi connectivity index (χ0) is 22.6. The van der Waals surface area contributed by atoms with Crippen LogP contribution in [0.2, 0.25) is 0 Å². The molecule has 8 nitrogen and oxygen atoms in total. The normalized spacial score (nSPS) is 11.8. The van der Waals surface area contributed by atoms with Gasteiger partial charge in [-0.15, -0.1) is 0 Å². The summed E-state index contributed by atoms with van der Waals surface area (Å²) in [5, 5.41) is 27.6. The molecule has 0 saturated heterocycles. The number of phenols is 2. The van der Waals surface area contributed by atoms with Gasteiger partial charge in [0, 0.05) is 35.5 Å². The lowest BCUT2D eigenvalue weighted by Crippen LogP contribution is -2.20. The van der Waals surface area contributed by atoms with Crippen molar-refractivity contribution in [2.24, 2.45) is 10.2 Å². The summed E-state index contributed by atoms with van der Waals surface area (Å²) in [5.41, 5.74) is 7.07. The minimum absolute atomic E-state index is 0.104. The Morgan fingerprint density at radius 3 is 1.55 bits per heavy atom. The maximum atomic E-state index is 11.9. The van der Waals surface area contributed by atoms with Crippen LogP contribution in [0.1, 0.15) is 37.8 Å². The number of para-hydroxylation sites is 2. The van der Waals surface area contributed by atoms with E-state index in [-0.39, 0.29) is 36.2 Å². The molecule has 0 spiro atoms. The molecule has 0 aliphatic heterocycles. The summed E-state index contributed by atoms with van der Waals surface area (Å²) in [6.07, 6.45) is 0.517. The quantitative estimate of drug-likeness (QED) is 0.256. The van der Waals surface area contributed by atoms with E-state index in [1.807, 2.05) is 0 Å². The fourth-order valence-electron chi connectivity index (χ4n) is 2.52. The van der Waals surface area contributed by atoms with E-state index in [4.69, 9.17) is 0 Å². The highest BCUT2D eigenvalue weighted by Gasteiger charge is 2.07. The van der Waals surface area contributed by atoms with Crippen LogP contribution in [0.3, 0.4) is 0 Å². The van der Waals surface area contributed by atoms with Crippen molar-refractivity contribution in [1.82, 2.24) is 10.9 Å². The van der Waals surface area contributed by atoms with Crippen LogP contribution >= 0.6 is 11.8 Å². The van der Waals surface area contributed by atoms with E-state index >= 15 is 0 Å². The monoisotopic (exact) mass is 442 g/mol. The standard InChI is InChI=1S/C22H26N4O4S/c1-15(17-7-3-5-9-19(17)27)23-25-21(29)11-13-31-14-12-22(30)26-24-16(2)18-8-4-6-10-20(18)28/h3-10,27-28H,11-14H2,1-2H3,(H,25,29)(H,26,30)/b23-15-,24-16+. The molecule has 0 aliphatic carbocycles. The average molecular weight is 443 g/mol. The Hall–Kier alpha value is -3.33. The molecule has 0 radical (unpaired) electrons. The Morgan fingerprint density at radius 1 is 0.774 bits per heavy atom. The van der Waals surface area contributed by atoms with Crippen molar-refractivity contribution in [3.8, 4) is 11.5 Å². The predicted molar refractivity (Wildman–Crippen MR) is 123 cm³/mol. The van der Waals surface area contributed by atoms with E-state index in [2.05, 4.69) is 21.1 Å². The van der Waals surface area contributed by atoms with Crippen molar-refractivity contribution in [2.75, 3.05) is 11.5 Å². The van der Waals surface area contributed by atoms with Gasteiger partial charge in [0.25, 0.3) is 0 Å². The molecule has 0 heterocycles. The largest absolute Gasteiger partial charge is 0.507 e. The van der Waals surface area contributed by atoms with Crippen molar-refractivity contribution in [1.29, 1.82) is 0 Å². The van der Waals surface area contributed by atoms with Crippen LogP contribution in [-0.4, -0.2) is 45.0 Å². The lowest BCUT2D eigenvalue weighted by molar-refractivity contribution is -0.121. The van der Waals surface area contributed by atoms with Gasteiger partial charge in [0.2, 0.25) is 11.8 Å². The molecule has 9 heteroatoms. The van der Waals surface area contributed by atoms with E-state index in [9.17, 15) is 19.8 Å². The van der Waals surface area contributed by atoms with Gasteiger partial charge < -0.3 is 10.2 Å². The number of hydrogen-bond donors (Lipinski definition) is 4. The number of aromatic hydroxyl groups is 2. The number of benzene rings is 2. The van der Waals surface area contributed by atoms with Gasteiger partial charge in [-0.2, -0.15) is 22.0 Å². The highest BCUT2D eigenvalue weighted by Crippen LogP contribution is 2.17. The Kier molecular flexibility index (Phi) is 9.57. The van der Waals surface area contributed by atoms with Crippen molar-refractivity contribution in [2.45, 2.75) is 26.7 Å². The number of carbonyl (C=O) groups is 2. The second-order valence-electron chi connectivity index (χ2n) is 6.61. The number of hydrazone groups is 2. The first-order chi connectivity index (χ1) is 14.9. The number of thioether (sulfide) groups is 1. The molecule has 0 atom stereocenters. The summed E-state index contributed by atoms with van der Waals surface area (Å²) in [6.45, 7) is 3.40. The van der Waals surface area contributed by atoms with Gasteiger partial charge in [-0.25, -0.2) is 10.9 Å². The van der Waals surface area contributed by atoms with Crippen LogP contribution in [0.5, 0.6) is 11.5 Å². The molecule has 0 unspecified atom stereocenters. The summed E-state index contributed by atoms with van der Waals surface area (Å²) in [6, 6.07) is 13.5. The third kappa shape index (κ3) is 8.13. The molecule has 2 amide bonds. The van der Waals surface area contributed by atoms with E-state index in [1.165, 1.54) is 11.8 Å². The van der Waals surface area contributed by atoms with Crippen LogP contribution in [-0.2, 0) is 9.59 Å². The molecule has 0 aliphatic rings. The number of amides is 2. The maximum Gasteiger partial charge on any atom is 0.240 e. The highest BCUT2D eigenvalue weighted by atomic mass is 32.2. The van der Waals surface area contributed by atoms with E-state index in [0.717, 1.165) is 0 Å². The number of phenolic OH excluding ortho intramolecular Hbond substituents is 2. The van der Waals surface area contributed by atoms with Gasteiger partial charge in [0.05, 0.1) is 11.4 Å². The molecule has 0 aromatic heterocycles. The first kappa shape index (κ1) is 23.9. The fraction of sp³-hybridized carbons (Fsp3) is 0.273. The first-order valence-electron chi connectivity index (χ1n) is 9.69. The minimum atomic E-state index is -0.241. The average Bonchev–Trinajstić information content (AvgIpc) is 2.76. The van der Waals surface area contributed by atoms with Gasteiger partial charge in [0.15, 0.2) is 0 Å². The summed E-state index contributed by atoms with van der Waals surface area (Å²) in [7, 11) is 0. The van der Waals surface area contributed by atoms with Gasteiger partial charge in [-0.05, 0) is 38.1 Å². The summed E-state index contributed by atoms with van der Waals surface area (Å²) in [4.78, 5) is 23.8. The summed E-state index contributed by atoms with van der Waals surface area (Å²) < 4.78 is 0. The van der Waals surface area contributed by atoms with E-state index < -0.39 is 0 Å². The van der Waals surface area contributed by atoms with Gasteiger partial charge >= 0.3 is 0 Å². The van der Waals surface area contributed by atoms with Crippen LogP contribution < -0.4 is 10.9 Å². The second kappa shape index (κ2) is 12.4. The molecule has 164 valence electrons. The van der Waals surface area contributed by atoms with Crippen LogP contribution in [0.4, 0.5) is 0 Å². The Morgan fingerprint density at radius 2 is 1.16 bits per heavy atom. The molecular formula is C22H26N4O4S. The SMILES string of the molecule is C/C(=N/NC(=O)CCSCCC(=O)N/N=C(\C)c1ccccc1O)c1ccccc1O. The number of hydrogen-bond acceptors (Lipinski definition) is 7. The molecule has 0 fully saturated rings. The lowest BCUT2D eigenvalue weighted by Gasteiger charge is -2.05. The van der Waals surface area contributed by atoms with Crippen molar-refractivity contribution in [3.05, 3.63) is 59.7 Å². The lowest BCUT2D eigenvalue weighted by atomic mass is 10.1. The fourth-order valence-corrected chi connectivity index (χ4v) is 3.38. The van der Waals surface area contributed by atoms with Gasteiger partial charge in [-0.1, -0.05) is 24.3 Å². The molecule has 2 rings (SSSR count). The zero-order valence-electron chi connectivity index (χ0n) is 17.5. The van der Waals surface area contributed by atoms with Crippen LogP contribution in [0.25, 0.3) is 0 Å². The molecule has 4 N–H and O–H groups in total. The Balaban J connectivity index is 1.64. The molecule has 2 aromatic carbocycles. The Bertz CT molecular complexity index is 898. The van der Waals surface area contributed by atoms with Gasteiger partial charge in [-0.3, -0.25) is 9.59 Å². The Labute approximate surface area is 185 Å². The molecule has 0 saturated carbocycles. The maximum absolute atomic E-state index is 11.9. The topological polar surface area (TPSA) is 123 Å². The first-order valence-corrected chi connectivity index (χ1v) is 10.8. The van der Waals surface area contributed by atoms with E-state index in [1.54, 1.807) is 62.4 Å². The number of nitrogens with zero attached hydrogens (tertiary/aromatic N) is 2. The molecule has 31 heavy (non-hydrogen) atoms. The highest BCUT2D eigenvalue weighted by molar-refractivity contribution is 7.99. The molecular weight excluding hydrogens is 416 g/mol. The molecule has 2 aromatic rings. The number of nitrogens with one attached hydrogen (secondary N) is 2. The van der Waals surface area contributed by atoms with Gasteiger partial charge in [0.1, 0.15) is 11.5 Å². The number of carbonyl (C=O) groups excluding carboxylic acids is 2. The second-order valence-corrected chi connectivity index (χ2v) is 7.84. The molecule has 0 bridgehead atoms. The van der Waals surface area contributed by atoms with Crippen LogP contribution in [0.15, 0.2) is 58.7 Å². The van der Waals surface area contributed by atoms with E-state index in [0.29, 0.717) is 34.1 Å². The van der Waals surface area contributed by atoms with Crippen molar-refractivity contribution in [3.63, 3.8) is 0 Å². The summed E-state index contributed by atoms with van der Waals surface area (Å²) in [5.74, 6) is 0.817.